The molecule has 0 aromatic rings. The molecule has 0 fully saturated rings. The lowest BCUT2D eigenvalue weighted by Crippen LogP contribution is -2.44. The highest BCUT2D eigenvalue weighted by Gasteiger charge is 2.22. The molecule has 2 unspecified atom stereocenters. The second kappa shape index (κ2) is 61.8. The lowest BCUT2D eigenvalue weighted by atomic mass is 10.0. The van der Waals surface area contributed by atoms with Crippen molar-refractivity contribution in [2.24, 2.45) is 0 Å². The molecule has 0 spiro atoms. The maximum atomic E-state index is 12.8. The van der Waals surface area contributed by atoms with Gasteiger partial charge in [0.1, 0.15) is 13.2 Å². The number of hydrogen-bond donors (Lipinski definition) is 0. The Morgan fingerprint density at radius 2 is 0.713 bits per heavy atom. The molecule has 0 aliphatic heterocycles. The summed E-state index contributed by atoms with van der Waals surface area (Å²) < 4.78 is 22.6. The van der Waals surface area contributed by atoms with Gasteiger partial charge in [0, 0.05) is 12.8 Å². The van der Waals surface area contributed by atoms with Gasteiger partial charge in [0.05, 0.1) is 40.3 Å². The zero-order valence-electron chi connectivity index (χ0n) is 52.9. The second-order valence-electron chi connectivity index (χ2n) is 23.7. The van der Waals surface area contributed by atoms with Crippen molar-refractivity contribution in [3.8, 4) is 0 Å². The Morgan fingerprint density at radius 1 is 0.388 bits per heavy atom. The van der Waals surface area contributed by atoms with E-state index in [1.165, 1.54) is 212 Å². The number of allylic oxidation sites excluding steroid dienone is 12. The minimum Gasteiger partial charge on any atom is -0.545 e. The molecular formula is C71H127NO8. The smallest absolute Gasteiger partial charge is 0.306 e. The Balaban J connectivity index is 4.06. The maximum Gasteiger partial charge on any atom is 0.306 e. The maximum absolute atomic E-state index is 12.8. The molecule has 0 aromatic carbocycles. The summed E-state index contributed by atoms with van der Waals surface area (Å²) in [6.07, 6.45) is 78.8. The van der Waals surface area contributed by atoms with Crippen LogP contribution in [0.15, 0.2) is 72.9 Å². The van der Waals surface area contributed by atoms with E-state index in [2.05, 4.69) is 74.6 Å². The number of unbranched alkanes of at least 4 members (excludes halogenated alkanes) is 35. The average molecular weight is 1120 g/mol. The fourth-order valence-corrected chi connectivity index (χ4v) is 9.63. The molecule has 0 aliphatic carbocycles. The molecule has 0 N–H and O–H groups in total. The highest BCUT2D eigenvalue weighted by Crippen LogP contribution is 2.18. The predicted molar refractivity (Wildman–Crippen MR) is 338 cm³/mol. The van der Waals surface area contributed by atoms with Gasteiger partial charge in [0.25, 0.3) is 0 Å². The van der Waals surface area contributed by atoms with E-state index in [0.717, 1.165) is 57.8 Å². The van der Waals surface area contributed by atoms with E-state index in [1.807, 2.05) is 33.3 Å². The zero-order chi connectivity index (χ0) is 58.3. The van der Waals surface area contributed by atoms with E-state index in [-0.39, 0.29) is 38.6 Å². The van der Waals surface area contributed by atoms with Crippen LogP contribution in [0.25, 0.3) is 0 Å². The van der Waals surface area contributed by atoms with Crippen molar-refractivity contribution in [3.63, 3.8) is 0 Å². The molecule has 0 radical (unpaired) electrons. The number of rotatable bonds is 62. The molecule has 0 heterocycles. The molecule has 0 rings (SSSR count). The summed E-state index contributed by atoms with van der Waals surface area (Å²) in [5.41, 5.74) is 0. The number of carboxylic acid groups (broad SMARTS) is 1. The molecular weight excluding hydrogens is 995 g/mol. The number of carbonyl (C=O) groups is 3. The van der Waals surface area contributed by atoms with Gasteiger partial charge in [-0.05, 0) is 51.4 Å². The van der Waals surface area contributed by atoms with Gasteiger partial charge in [-0.2, -0.15) is 0 Å². The first-order valence-electron chi connectivity index (χ1n) is 33.6. The number of esters is 2. The molecule has 464 valence electrons. The normalized spacial score (nSPS) is 13.2. The van der Waals surface area contributed by atoms with Crippen LogP contribution in [0.2, 0.25) is 0 Å². The average Bonchev–Trinajstić information content (AvgIpc) is 3.43. The third kappa shape index (κ3) is 62.3. The molecule has 9 heteroatoms. The van der Waals surface area contributed by atoms with E-state index in [9.17, 15) is 19.5 Å². The summed E-state index contributed by atoms with van der Waals surface area (Å²) in [6, 6.07) is 0. The number of ether oxygens (including phenoxy) is 4. The molecule has 0 aliphatic rings. The standard InChI is InChI=1S/C71H127NO8/c1-6-8-10-12-14-16-18-20-22-24-26-27-28-29-30-31-32-33-34-35-36-37-38-39-40-41-42-44-45-47-49-51-53-55-57-59-61-68(73)78-65-67(66-79-71(70(75)76)77-64-63-72(3,4)5)80-69(74)62-60-58-56-54-52-50-48-46-43-25-23-21-19-17-15-13-11-9-7-2/h9,11,15,17,21,23,43,46,50,52,56,58,67,71H,6-8,10,12-14,16,18-20,22,24-42,44-45,47-49,51,53-55,57,59-66H2,1-5H3/b11-9-,17-15-,23-21-,46-43-,52-50-,58-56-. The van der Waals surface area contributed by atoms with Crippen molar-refractivity contribution in [1.82, 2.24) is 0 Å². The van der Waals surface area contributed by atoms with Gasteiger partial charge in [0.2, 0.25) is 0 Å². The van der Waals surface area contributed by atoms with Gasteiger partial charge in [0.15, 0.2) is 12.4 Å². The van der Waals surface area contributed by atoms with Crippen LogP contribution in [0.3, 0.4) is 0 Å². The first kappa shape index (κ1) is 76.7. The largest absolute Gasteiger partial charge is 0.545 e. The van der Waals surface area contributed by atoms with E-state index >= 15 is 0 Å². The highest BCUT2D eigenvalue weighted by molar-refractivity contribution is 5.70. The molecule has 0 aromatic heterocycles. The van der Waals surface area contributed by atoms with Gasteiger partial charge >= 0.3 is 11.9 Å². The third-order valence-corrected chi connectivity index (χ3v) is 14.7. The van der Waals surface area contributed by atoms with Gasteiger partial charge < -0.3 is 33.3 Å². The monoisotopic (exact) mass is 1120 g/mol. The van der Waals surface area contributed by atoms with Crippen LogP contribution < -0.4 is 5.11 Å². The third-order valence-electron chi connectivity index (χ3n) is 14.7. The van der Waals surface area contributed by atoms with Crippen LogP contribution in [0.4, 0.5) is 0 Å². The minimum atomic E-state index is -1.64. The van der Waals surface area contributed by atoms with Crippen LogP contribution in [0.1, 0.15) is 303 Å². The van der Waals surface area contributed by atoms with Crippen molar-refractivity contribution < 1.29 is 42.9 Å². The van der Waals surface area contributed by atoms with E-state index < -0.39 is 24.3 Å². The molecule has 0 saturated heterocycles. The summed E-state index contributed by atoms with van der Waals surface area (Å²) in [6.45, 7) is 4.58. The number of carbonyl (C=O) groups excluding carboxylic acids is 3. The highest BCUT2D eigenvalue weighted by atomic mass is 16.7. The van der Waals surface area contributed by atoms with Crippen LogP contribution in [-0.2, 0) is 33.3 Å². The quantitative estimate of drug-likeness (QED) is 0.0195. The van der Waals surface area contributed by atoms with Gasteiger partial charge in [-0.3, -0.25) is 9.59 Å². The van der Waals surface area contributed by atoms with E-state index in [1.54, 1.807) is 0 Å². The number of carboxylic acids is 1. The summed E-state index contributed by atoms with van der Waals surface area (Å²) in [7, 11) is 5.90. The lowest BCUT2D eigenvalue weighted by Gasteiger charge is -2.26. The number of nitrogens with zero attached hydrogens (tertiary/aromatic N) is 1. The fourth-order valence-electron chi connectivity index (χ4n) is 9.63. The summed E-state index contributed by atoms with van der Waals surface area (Å²) in [5.74, 6) is -2.39. The lowest BCUT2D eigenvalue weighted by molar-refractivity contribution is -0.870. The zero-order valence-corrected chi connectivity index (χ0v) is 52.9. The number of aliphatic carboxylic acids is 1. The first-order valence-corrected chi connectivity index (χ1v) is 33.6. The Bertz CT molecular complexity index is 1540. The van der Waals surface area contributed by atoms with Gasteiger partial charge in [-0.1, -0.05) is 311 Å². The van der Waals surface area contributed by atoms with Crippen LogP contribution in [0, 0.1) is 0 Å². The van der Waals surface area contributed by atoms with Crippen LogP contribution in [-0.4, -0.2) is 82.3 Å². The van der Waals surface area contributed by atoms with Crippen LogP contribution >= 0.6 is 0 Å². The number of hydrogen-bond acceptors (Lipinski definition) is 8. The summed E-state index contributed by atoms with van der Waals surface area (Å²) in [5, 5.41) is 11.8. The van der Waals surface area contributed by atoms with E-state index in [4.69, 9.17) is 18.9 Å². The first-order chi connectivity index (χ1) is 39.1. The topological polar surface area (TPSA) is 111 Å². The van der Waals surface area contributed by atoms with Crippen molar-refractivity contribution in [3.05, 3.63) is 72.9 Å². The Kier molecular flexibility index (Phi) is 59.3. The predicted octanol–water partition coefficient (Wildman–Crippen LogP) is 19.2. The summed E-state index contributed by atoms with van der Waals surface area (Å²) >= 11 is 0. The second-order valence-corrected chi connectivity index (χ2v) is 23.7. The summed E-state index contributed by atoms with van der Waals surface area (Å²) in [4.78, 5) is 37.3. The Morgan fingerprint density at radius 3 is 1.04 bits per heavy atom. The number of likely N-dealkylation sites (N-methyl/N-ethyl adjacent to an activating group) is 1. The molecule has 0 amide bonds. The van der Waals surface area contributed by atoms with Crippen molar-refractivity contribution >= 4 is 17.9 Å². The van der Waals surface area contributed by atoms with Crippen molar-refractivity contribution in [2.45, 2.75) is 315 Å². The Hall–Kier alpha value is -3.27. The SMILES string of the molecule is CC/C=C\C/C=C\C/C=C\C/C=C\C/C=C\C/C=C\CCC(=O)OC(COC(=O)CCCCCCCCCCCCCCCCCCCCCCCCCCCCCCCCCCCCCC)COC(OCC[N+](C)(C)C)C(=O)[O-]. The fraction of sp³-hybridized carbons (Fsp3) is 0.789. The molecule has 2 atom stereocenters. The number of quaternary nitrogens is 1. The van der Waals surface area contributed by atoms with Gasteiger partial charge in [-0.15, -0.1) is 0 Å². The molecule has 0 saturated carbocycles. The van der Waals surface area contributed by atoms with Gasteiger partial charge in [-0.25, -0.2) is 0 Å². The minimum absolute atomic E-state index is 0.121. The Labute approximate surface area is 494 Å². The molecule has 80 heavy (non-hydrogen) atoms. The van der Waals surface area contributed by atoms with E-state index in [0.29, 0.717) is 17.4 Å². The van der Waals surface area contributed by atoms with Crippen molar-refractivity contribution in [2.75, 3.05) is 47.5 Å². The molecule has 0 bridgehead atoms. The van der Waals surface area contributed by atoms with Crippen LogP contribution in [0.5, 0.6) is 0 Å². The van der Waals surface area contributed by atoms with Crippen molar-refractivity contribution in [1.29, 1.82) is 0 Å². The molecule has 9 nitrogen and oxygen atoms in total.